The smallest absolute Gasteiger partial charge is 0.248 e. The van der Waals surface area contributed by atoms with Crippen molar-refractivity contribution in [3.63, 3.8) is 0 Å². The molecule has 0 bridgehead atoms. The molecule has 0 aliphatic rings. The van der Waals surface area contributed by atoms with Gasteiger partial charge in [-0.15, -0.1) is 12.4 Å². The number of para-hydroxylation sites is 2. The van der Waals surface area contributed by atoms with Gasteiger partial charge in [-0.3, -0.25) is 9.48 Å². The number of nitrogens with two attached hydrogens (primary N) is 1. The quantitative estimate of drug-likeness (QED) is 0.448. The van der Waals surface area contributed by atoms with E-state index in [4.69, 9.17) is 10.5 Å². The van der Waals surface area contributed by atoms with Gasteiger partial charge in [-0.1, -0.05) is 12.1 Å². The summed E-state index contributed by atoms with van der Waals surface area (Å²) in [5.41, 5.74) is 7.52. The molecular formula is C20H19ClF2N4O2. The Morgan fingerprint density at radius 2 is 1.93 bits per heavy atom. The Morgan fingerprint density at radius 1 is 1.21 bits per heavy atom. The summed E-state index contributed by atoms with van der Waals surface area (Å²) in [6.45, 7) is 0.556. The second kappa shape index (κ2) is 10.2. The van der Waals surface area contributed by atoms with Gasteiger partial charge in [0, 0.05) is 36.0 Å². The number of carbonyl (C=O) groups is 1. The lowest BCUT2D eigenvalue weighted by atomic mass is 10.2. The van der Waals surface area contributed by atoms with Gasteiger partial charge in [0.2, 0.25) is 5.91 Å². The highest BCUT2D eigenvalue weighted by atomic mass is 35.5. The number of rotatable bonds is 7. The van der Waals surface area contributed by atoms with Crippen molar-refractivity contribution in [3.8, 4) is 5.75 Å². The molecule has 0 atom stereocenters. The molecule has 0 unspecified atom stereocenters. The number of hydrogen-bond donors (Lipinski definition) is 2. The molecule has 29 heavy (non-hydrogen) atoms. The lowest BCUT2D eigenvalue weighted by Crippen LogP contribution is -2.09. The fourth-order valence-corrected chi connectivity index (χ4v) is 2.41. The molecule has 3 rings (SSSR count). The van der Waals surface area contributed by atoms with Crippen LogP contribution in [-0.2, 0) is 11.3 Å². The minimum atomic E-state index is -0.697. The second-order valence-electron chi connectivity index (χ2n) is 5.90. The first-order valence-corrected chi connectivity index (χ1v) is 8.44. The van der Waals surface area contributed by atoms with Crippen LogP contribution in [0.4, 0.5) is 20.2 Å². The van der Waals surface area contributed by atoms with E-state index in [1.165, 1.54) is 6.08 Å². The molecule has 0 saturated carbocycles. The van der Waals surface area contributed by atoms with E-state index in [-0.39, 0.29) is 30.7 Å². The molecule has 1 aromatic heterocycles. The Balaban J connectivity index is 0.00000300. The number of nitrogens with one attached hydrogen (secondary N) is 1. The third kappa shape index (κ3) is 6.62. The minimum Gasteiger partial charge on any atom is -0.491 e. The van der Waals surface area contributed by atoms with Crippen LogP contribution in [0.1, 0.15) is 5.56 Å². The minimum absolute atomic E-state index is 0. The molecule has 1 amide bonds. The summed E-state index contributed by atoms with van der Waals surface area (Å²) in [5, 5.41) is 6.83. The highest BCUT2D eigenvalue weighted by Gasteiger charge is 2.03. The summed E-state index contributed by atoms with van der Waals surface area (Å²) >= 11 is 0. The zero-order valence-electron chi connectivity index (χ0n) is 15.2. The Labute approximate surface area is 172 Å². The summed E-state index contributed by atoms with van der Waals surface area (Å²) in [5.74, 6) is -1.60. The highest BCUT2D eigenvalue weighted by molar-refractivity contribution is 6.03. The van der Waals surface area contributed by atoms with Crippen LogP contribution in [0.5, 0.6) is 5.75 Å². The van der Waals surface area contributed by atoms with E-state index < -0.39 is 11.6 Å². The van der Waals surface area contributed by atoms with E-state index in [0.29, 0.717) is 23.5 Å². The molecule has 0 aliphatic carbocycles. The third-order valence-corrected chi connectivity index (χ3v) is 3.72. The molecule has 3 aromatic rings. The van der Waals surface area contributed by atoms with Gasteiger partial charge in [-0.2, -0.15) is 5.10 Å². The molecule has 0 fully saturated rings. The van der Waals surface area contributed by atoms with Crippen LogP contribution in [-0.4, -0.2) is 22.3 Å². The maximum atomic E-state index is 13.1. The van der Waals surface area contributed by atoms with Crippen LogP contribution in [0, 0.1) is 11.6 Å². The Morgan fingerprint density at radius 3 is 2.66 bits per heavy atom. The molecule has 9 heteroatoms. The average Bonchev–Trinajstić information content (AvgIpc) is 3.09. The largest absolute Gasteiger partial charge is 0.491 e. The van der Waals surface area contributed by atoms with Gasteiger partial charge >= 0.3 is 0 Å². The molecule has 0 spiro atoms. The molecular weight excluding hydrogens is 402 g/mol. The molecule has 152 valence electrons. The van der Waals surface area contributed by atoms with Crippen molar-refractivity contribution in [1.29, 1.82) is 0 Å². The van der Waals surface area contributed by atoms with Crippen molar-refractivity contribution in [2.24, 2.45) is 0 Å². The van der Waals surface area contributed by atoms with Gasteiger partial charge in [0.1, 0.15) is 24.0 Å². The first kappa shape index (κ1) is 21.9. The second-order valence-corrected chi connectivity index (χ2v) is 5.90. The summed E-state index contributed by atoms with van der Waals surface area (Å²) in [7, 11) is 0. The summed E-state index contributed by atoms with van der Waals surface area (Å²) in [6, 6.07) is 9.97. The van der Waals surface area contributed by atoms with Gasteiger partial charge in [0.05, 0.1) is 24.1 Å². The average molecular weight is 421 g/mol. The lowest BCUT2D eigenvalue weighted by Gasteiger charge is -2.06. The number of amides is 1. The summed E-state index contributed by atoms with van der Waals surface area (Å²) in [4.78, 5) is 12.0. The summed E-state index contributed by atoms with van der Waals surface area (Å²) < 4.78 is 33.1. The number of nitrogen functional groups attached to an aromatic ring is 1. The van der Waals surface area contributed by atoms with Crippen molar-refractivity contribution < 1.29 is 18.3 Å². The van der Waals surface area contributed by atoms with E-state index >= 15 is 0 Å². The SMILES string of the molecule is Cl.Nc1ccccc1NC(=O)/C=C/c1cnn(CCOc2cc(F)cc(F)c2)c1. The molecule has 0 saturated heterocycles. The van der Waals surface area contributed by atoms with Crippen LogP contribution in [0.15, 0.2) is 60.9 Å². The van der Waals surface area contributed by atoms with Crippen molar-refractivity contribution in [2.45, 2.75) is 6.54 Å². The summed E-state index contributed by atoms with van der Waals surface area (Å²) in [6.07, 6.45) is 6.29. The fraction of sp³-hybridized carbons (Fsp3) is 0.100. The first-order valence-electron chi connectivity index (χ1n) is 8.44. The number of ether oxygens (including phenoxy) is 1. The Bertz CT molecular complexity index is 987. The normalized spacial score (nSPS) is 10.6. The number of anilines is 2. The van der Waals surface area contributed by atoms with Gasteiger partial charge in [0.15, 0.2) is 0 Å². The zero-order chi connectivity index (χ0) is 19.9. The Hall–Kier alpha value is -3.39. The van der Waals surface area contributed by atoms with E-state index in [1.54, 1.807) is 47.4 Å². The van der Waals surface area contributed by atoms with E-state index in [9.17, 15) is 13.6 Å². The first-order chi connectivity index (χ1) is 13.5. The standard InChI is InChI=1S/C20H18F2N4O2.ClH/c21-15-9-16(22)11-17(10-15)28-8-7-26-13-14(12-24-26)5-6-20(27)25-19-4-2-1-3-18(19)23;/h1-6,9-13H,7-8,23H2,(H,25,27);1H/b6-5+;. The fourth-order valence-electron chi connectivity index (χ4n) is 2.41. The van der Waals surface area contributed by atoms with Crippen LogP contribution in [0.2, 0.25) is 0 Å². The maximum absolute atomic E-state index is 13.1. The molecule has 0 radical (unpaired) electrons. The van der Waals surface area contributed by atoms with E-state index in [0.717, 1.165) is 18.2 Å². The molecule has 1 heterocycles. The predicted octanol–water partition coefficient (Wildman–Crippen LogP) is 3.90. The Kier molecular flexibility index (Phi) is 7.73. The number of hydrogen-bond acceptors (Lipinski definition) is 4. The van der Waals surface area contributed by atoms with Crippen LogP contribution in [0.25, 0.3) is 6.08 Å². The monoisotopic (exact) mass is 420 g/mol. The van der Waals surface area contributed by atoms with Crippen molar-refractivity contribution >= 4 is 35.8 Å². The van der Waals surface area contributed by atoms with E-state index in [1.807, 2.05) is 0 Å². The van der Waals surface area contributed by atoms with Crippen LogP contribution < -0.4 is 15.8 Å². The van der Waals surface area contributed by atoms with Gasteiger partial charge < -0.3 is 15.8 Å². The van der Waals surface area contributed by atoms with E-state index in [2.05, 4.69) is 10.4 Å². The molecule has 2 aromatic carbocycles. The van der Waals surface area contributed by atoms with Crippen LogP contribution >= 0.6 is 12.4 Å². The predicted molar refractivity (Wildman–Crippen MR) is 110 cm³/mol. The number of carbonyl (C=O) groups excluding carboxylic acids is 1. The van der Waals surface area contributed by atoms with Gasteiger partial charge in [-0.05, 0) is 18.2 Å². The van der Waals surface area contributed by atoms with Gasteiger partial charge in [-0.25, -0.2) is 8.78 Å². The number of aromatic nitrogens is 2. The maximum Gasteiger partial charge on any atom is 0.248 e. The number of halogens is 3. The van der Waals surface area contributed by atoms with Crippen molar-refractivity contribution in [1.82, 2.24) is 9.78 Å². The molecule has 0 aliphatic heterocycles. The lowest BCUT2D eigenvalue weighted by molar-refractivity contribution is -0.111. The van der Waals surface area contributed by atoms with Crippen molar-refractivity contribution in [3.05, 3.63) is 78.1 Å². The van der Waals surface area contributed by atoms with Gasteiger partial charge in [0.25, 0.3) is 0 Å². The number of nitrogens with zero attached hydrogens (tertiary/aromatic N) is 2. The molecule has 3 N–H and O–H groups in total. The number of benzene rings is 2. The zero-order valence-corrected chi connectivity index (χ0v) is 16.0. The third-order valence-electron chi connectivity index (χ3n) is 3.72. The molecule has 6 nitrogen and oxygen atoms in total. The highest BCUT2D eigenvalue weighted by Crippen LogP contribution is 2.17. The topological polar surface area (TPSA) is 82.2 Å². The van der Waals surface area contributed by atoms with Crippen LogP contribution in [0.3, 0.4) is 0 Å². The van der Waals surface area contributed by atoms with Crippen molar-refractivity contribution in [2.75, 3.05) is 17.7 Å².